The van der Waals surface area contributed by atoms with Crippen molar-refractivity contribution in [3.05, 3.63) is 71.8 Å². The number of nitrogens with one attached hydrogen (secondary N) is 2. The number of carbonyl (C=O) groups is 1. The van der Waals surface area contributed by atoms with Gasteiger partial charge in [0.05, 0.1) is 19.0 Å². The van der Waals surface area contributed by atoms with Crippen LogP contribution in [0.15, 0.2) is 59.1 Å². The monoisotopic (exact) mass is 541 g/mol. The standard InChI is InChI=1S/C25H25F2N7O3S/c1-36-24(35)14-30-31-21(12-28)18-10-20(27)22(11-19(18)26)37-15-23-32-33-25(38-17-7-3-2-4-8-17)34(23)16-6-5-9-29-13-16/h3,5-7,9-13,17,28,30H,2,4,8,14-15H2,1H3/b28-12?,31-21+. The van der Waals surface area contributed by atoms with Crippen LogP contribution in [0.5, 0.6) is 5.75 Å². The second-order valence-electron chi connectivity index (χ2n) is 8.06. The molecule has 1 aliphatic carbocycles. The number of pyridine rings is 1. The Labute approximate surface area is 221 Å². The molecule has 1 aliphatic rings. The van der Waals surface area contributed by atoms with Gasteiger partial charge in [0.1, 0.15) is 24.7 Å². The number of hydrogen-bond acceptors (Lipinski definition) is 10. The number of rotatable bonds is 11. The number of methoxy groups -OCH3 is 1. The van der Waals surface area contributed by atoms with Crippen LogP contribution in [0.2, 0.25) is 0 Å². The van der Waals surface area contributed by atoms with Crippen LogP contribution in [-0.2, 0) is 16.1 Å². The zero-order chi connectivity index (χ0) is 26.9. The van der Waals surface area contributed by atoms with Crippen molar-refractivity contribution >= 4 is 29.7 Å². The minimum Gasteiger partial charge on any atom is -0.482 e. The molecule has 1 atom stereocenters. The fraction of sp³-hybridized carbons (Fsp3) is 0.280. The maximum absolute atomic E-state index is 14.9. The average molecular weight is 542 g/mol. The number of hydrogen-bond donors (Lipinski definition) is 2. The molecule has 0 bridgehead atoms. The van der Waals surface area contributed by atoms with Gasteiger partial charge in [0.2, 0.25) is 0 Å². The minimum atomic E-state index is -0.863. The molecule has 1 aromatic carbocycles. The van der Waals surface area contributed by atoms with E-state index in [0.29, 0.717) is 16.7 Å². The molecule has 1 unspecified atom stereocenters. The highest BCUT2D eigenvalue weighted by Gasteiger charge is 2.21. The molecule has 0 saturated heterocycles. The first-order valence-corrected chi connectivity index (χ1v) is 12.6. The van der Waals surface area contributed by atoms with Gasteiger partial charge in [-0.2, -0.15) is 5.10 Å². The van der Waals surface area contributed by atoms with Gasteiger partial charge < -0.3 is 14.9 Å². The van der Waals surface area contributed by atoms with Crippen molar-refractivity contribution < 1.29 is 23.0 Å². The summed E-state index contributed by atoms with van der Waals surface area (Å²) < 4.78 is 41.6. The van der Waals surface area contributed by atoms with E-state index in [9.17, 15) is 13.6 Å². The summed E-state index contributed by atoms with van der Waals surface area (Å²) in [6.07, 6.45) is 11.5. The molecular weight excluding hydrogens is 516 g/mol. The first kappa shape index (κ1) is 26.9. The lowest BCUT2D eigenvalue weighted by molar-refractivity contribution is -0.139. The molecule has 0 spiro atoms. The summed E-state index contributed by atoms with van der Waals surface area (Å²) in [7, 11) is 1.20. The first-order valence-electron chi connectivity index (χ1n) is 11.7. The molecule has 2 aromatic heterocycles. The van der Waals surface area contributed by atoms with Crippen LogP contribution < -0.4 is 10.2 Å². The fourth-order valence-corrected chi connectivity index (χ4v) is 4.79. The molecule has 0 saturated carbocycles. The van der Waals surface area contributed by atoms with Crippen molar-refractivity contribution in [3.8, 4) is 11.4 Å². The smallest absolute Gasteiger partial charge is 0.326 e. The van der Waals surface area contributed by atoms with Gasteiger partial charge in [-0.25, -0.2) is 8.78 Å². The Morgan fingerprint density at radius 1 is 1.34 bits per heavy atom. The number of ether oxygens (including phenoxy) is 2. The molecule has 4 rings (SSSR count). The van der Waals surface area contributed by atoms with E-state index in [1.54, 1.807) is 34.8 Å². The van der Waals surface area contributed by atoms with Gasteiger partial charge in [0.25, 0.3) is 0 Å². The number of hydrazone groups is 1. The van der Waals surface area contributed by atoms with E-state index in [2.05, 4.69) is 42.6 Å². The fourth-order valence-electron chi connectivity index (χ4n) is 3.64. The van der Waals surface area contributed by atoms with Gasteiger partial charge in [-0.15, -0.1) is 10.2 Å². The zero-order valence-electron chi connectivity index (χ0n) is 20.4. The normalized spacial score (nSPS) is 15.2. The van der Waals surface area contributed by atoms with Crippen molar-refractivity contribution in [3.63, 3.8) is 0 Å². The van der Waals surface area contributed by atoms with Crippen LogP contribution in [0.25, 0.3) is 5.69 Å². The highest BCUT2D eigenvalue weighted by molar-refractivity contribution is 7.99. The Hall–Kier alpha value is -4.13. The van der Waals surface area contributed by atoms with Crippen molar-refractivity contribution in [2.75, 3.05) is 13.7 Å². The summed E-state index contributed by atoms with van der Waals surface area (Å²) in [6, 6.07) is 5.38. The van der Waals surface area contributed by atoms with Gasteiger partial charge in [-0.05, 0) is 37.5 Å². The van der Waals surface area contributed by atoms with Gasteiger partial charge in [0.15, 0.2) is 22.5 Å². The molecule has 13 heteroatoms. The molecule has 0 fully saturated rings. The number of carbonyl (C=O) groups excluding carboxylic acids is 1. The van der Waals surface area contributed by atoms with Crippen molar-refractivity contribution in [2.45, 2.75) is 36.3 Å². The second-order valence-corrected chi connectivity index (χ2v) is 9.27. The molecule has 3 aromatic rings. The van der Waals surface area contributed by atoms with Gasteiger partial charge in [-0.3, -0.25) is 19.8 Å². The summed E-state index contributed by atoms with van der Waals surface area (Å²) in [5, 5.41) is 20.7. The number of halogens is 2. The lowest BCUT2D eigenvalue weighted by atomic mass is 10.1. The van der Waals surface area contributed by atoms with Crippen LogP contribution in [0, 0.1) is 17.0 Å². The lowest BCUT2D eigenvalue weighted by Gasteiger charge is -2.16. The molecule has 198 valence electrons. The Bertz CT molecular complexity index is 1350. The predicted molar refractivity (Wildman–Crippen MR) is 138 cm³/mol. The SMILES string of the molecule is COC(=O)CN/N=C(\C=N)c1cc(F)c(OCc2nnc(SC3C=CCCC3)n2-c2cccnc2)cc1F. The van der Waals surface area contributed by atoms with Crippen molar-refractivity contribution in [2.24, 2.45) is 5.10 Å². The van der Waals surface area contributed by atoms with Crippen molar-refractivity contribution in [1.82, 2.24) is 25.2 Å². The number of benzene rings is 1. The van der Waals surface area contributed by atoms with Crippen LogP contribution in [0.1, 0.15) is 30.7 Å². The maximum atomic E-state index is 14.9. The highest BCUT2D eigenvalue weighted by atomic mass is 32.2. The van der Waals surface area contributed by atoms with Crippen molar-refractivity contribution in [1.29, 1.82) is 5.41 Å². The molecule has 0 amide bonds. The quantitative estimate of drug-likeness (QED) is 0.162. The zero-order valence-corrected chi connectivity index (χ0v) is 21.3. The summed E-state index contributed by atoms with van der Waals surface area (Å²) in [6.45, 7) is -0.487. The number of esters is 1. The van der Waals surface area contributed by atoms with E-state index >= 15 is 0 Å². The summed E-state index contributed by atoms with van der Waals surface area (Å²) in [4.78, 5) is 15.4. The van der Waals surface area contributed by atoms with Crippen LogP contribution in [-0.4, -0.2) is 56.5 Å². The summed E-state index contributed by atoms with van der Waals surface area (Å²) >= 11 is 1.57. The van der Waals surface area contributed by atoms with Crippen LogP contribution in [0.3, 0.4) is 0 Å². The molecule has 0 radical (unpaired) electrons. The topological polar surface area (TPSA) is 127 Å². The van der Waals surface area contributed by atoms with Gasteiger partial charge >= 0.3 is 5.97 Å². The van der Waals surface area contributed by atoms with Crippen LogP contribution in [0.4, 0.5) is 8.78 Å². The predicted octanol–water partition coefficient (Wildman–Crippen LogP) is 3.84. The third-order valence-corrected chi connectivity index (χ3v) is 6.68. The lowest BCUT2D eigenvalue weighted by Crippen LogP contribution is -2.22. The summed E-state index contributed by atoms with van der Waals surface area (Å²) in [5.41, 5.74) is 2.58. The highest BCUT2D eigenvalue weighted by Crippen LogP contribution is 2.31. The van der Waals surface area contributed by atoms with E-state index in [-0.39, 0.29) is 35.4 Å². The maximum Gasteiger partial charge on any atom is 0.326 e. The number of thioether (sulfide) groups is 1. The van der Waals surface area contributed by atoms with E-state index in [1.807, 2.05) is 6.07 Å². The Kier molecular flexibility index (Phi) is 9.14. The summed E-state index contributed by atoms with van der Waals surface area (Å²) in [5.74, 6) is -2.29. The Balaban J connectivity index is 1.54. The third kappa shape index (κ3) is 6.59. The van der Waals surface area contributed by atoms with Gasteiger partial charge in [-0.1, -0.05) is 23.9 Å². The third-order valence-electron chi connectivity index (χ3n) is 5.51. The molecule has 2 N–H and O–H groups in total. The number of allylic oxidation sites excluding steroid dienone is 1. The molecule has 10 nitrogen and oxygen atoms in total. The largest absolute Gasteiger partial charge is 0.482 e. The number of nitrogens with zero attached hydrogens (tertiary/aromatic N) is 5. The van der Waals surface area contributed by atoms with Gasteiger partial charge in [0, 0.05) is 29.3 Å². The molecular formula is C25H25F2N7O3S. The molecule has 38 heavy (non-hydrogen) atoms. The second kappa shape index (κ2) is 12.9. The molecule has 0 aliphatic heterocycles. The Morgan fingerprint density at radius 3 is 2.92 bits per heavy atom. The molecule has 2 heterocycles. The van der Waals surface area contributed by atoms with Crippen LogP contribution >= 0.6 is 11.8 Å². The minimum absolute atomic E-state index is 0.190. The van der Waals surface area contributed by atoms with E-state index in [1.165, 1.54) is 7.11 Å². The van der Waals surface area contributed by atoms with E-state index in [0.717, 1.165) is 37.6 Å². The first-order chi connectivity index (χ1) is 18.5. The average Bonchev–Trinajstić information content (AvgIpc) is 3.34. The number of aromatic nitrogens is 4. The van der Waals surface area contributed by atoms with E-state index < -0.39 is 17.6 Å². The Morgan fingerprint density at radius 2 is 2.21 bits per heavy atom. The van der Waals surface area contributed by atoms with E-state index in [4.69, 9.17) is 10.1 Å².